The summed E-state index contributed by atoms with van der Waals surface area (Å²) in [5.74, 6) is 0. The Labute approximate surface area is 277 Å². The lowest BCUT2D eigenvalue weighted by molar-refractivity contribution is 1.17. The molecule has 48 heavy (non-hydrogen) atoms. The van der Waals surface area contributed by atoms with E-state index < -0.39 is 0 Å². The van der Waals surface area contributed by atoms with Crippen LogP contribution in [0.2, 0.25) is 0 Å². The smallest absolute Gasteiger partial charge is 0.101 e. The van der Waals surface area contributed by atoms with Crippen LogP contribution >= 0.6 is 0 Å². The van der Waals surface area contributed by atoms with Crippen molar-refractivity contribution in [2.45, 2.75) is 0 Å². The van der Waals surface area contributed by atoms with E-state index >= 15 is 0 Å². The van der Waals surface area contributed by atoms with Crippen molar-refractivity contribution in [1.82, 2.24) is 9.13 Å². The first-order valence-electron chi connectivity index (χ1n) is 15.9. The molecule has 4 nitrogen and oxygen atoms in total. The Balaban J connectivity index is 1.29. The Hall–Kier alpha value is -6.88. The summed E-state index contributed by atoms with van der Waals surface area (Å²) >= 11 is 0. The van der Waals surface area contributed by atoms with Crippen molar-refractivity contribution in [1.29, 1.82) is 10.5 Å². The molecule has 0 aliphatic carbocycles. The lowest BCUT2D eigenvalue weighted by atomic mass is 9.89. The molecule has 0 aliphatic heterocycles. The number of aromatic nitrogens is 2. The van der Waals surface area contributed by atoms with Crippen LogP contribution in [0.1, 0.15) is 11.1 Å². The lowest BCUT2D eigenvalue weighted by Gasteiger charge is -2.19. The third-order valence-corrected chi connectivity index (χ3v) is 9.43. The average molecular weight is 611 g/mol. The van der Waals surface area contributed by atoms with Crippen molar-refractivity contribution in [3.8, 4) is 45.8 Å². The van der Waals surface area contributed by atoms with Crippen LogP contribution < -0.4 is 0 Å². The van der Waals surface area contributed by atoms with Gasteiger partial charge in [-0.25, -0.2) is 0 Å². The number of hydrogen-bond acceptors (Lipinski definition) is 2. The molecule has 9 aromatic rings. The van der Waals surface area contributed by atoms with Gasteiger partial charge in [0.1, 0.15) is 6.07 Å². The zero-order valence-corrected chi connectivity index (χ0v) is 25.8. The van der Waals surface area contributed by atoms with Crippen molar-refractivity contribution < 1.29 is 0 Å². The van der Waals surface area contributed by atoms with Crippen LogP contribution in [0.3, 0.4) is 0 Å². The molecule has 0 bridgehead atoms. The second-order valence-electron chi connectivity index (χ2n) is 11.9. The summed E-state index contributed by atoms with van der Waals surface area (Å²) < 4.78 is 4.47. The Morgan fingerprint density at radius 1 is 0.375 bits per heavy atom. The molecule has 0 atom stereocenters. The summed E-state index contributed by atoms with van der Waals surface area (Å²) in [6.07, 6.45) is 0. The van der Waals surface area contributed by atoms with Crippen LogP contribution in [0.5, 0.6) is 0 Å². The Bertz CT molecular complexity index is 2710. The Morgan fingerprint density at radius 2 is 0.833 bits per heavy atom. The lowest BCUT2D eigenvalue weighted by Crippen LogP contribution is -2.00. The molecule has 0 fully saturated rings. The third kappa shape index (κ3) is 4.01. The van der Waals surface area contributed by atoms with Gasteiger partial charge in [0.15, 0.2) is 0 Å². The van der Waals surface area contributed by atoms with Gasteiger partial charge in [-0.2, -0.15) is 10.5 Å². The summed E-state index contributed by atoms with van der Waals surface area (Å²) in [5, 5.41) is 25.7. The molecule has 0 radical (unpaired) electrons. The van der Waals surface area contributed by atoms with E-state index in [2.05, 4.69) is 118 Å². The predicted molar refractivity (Wildman–Crippen MR) is 195 cm³/mol. The molecule has 0 amide bonds. The molecule has 0 aliphatic rings. The van der Waals surface area contributed by atoms with E-state index in [1.165, 1.54) is 10.8 Å². The van der Waals surface area contributed by atoms with E-state index in [9.17, 15) is 10.5 Å². The van der Waals surface area contributed by atoms with Crippen molar-refractivity contribution in [2.24, 2.45) is 0 Å². The molecule has 7 aromatic carbocycles. The minimum atomic E-state index is 0.558. The summed E-state index contributed by atoms with van der Waals surface area (Å²) in [7, 11) is 0. The zero-order valence-electron chi connectivity index (χ0n) is 25.8. The monoisotopic (exact) mass is 610 g/mol. The quantitative estimate of drug-likeness (QED) is 0.199. The molecular formula is C44H26N4. The topological polar surface area (TPSA) is 57.4 Å². The van der Waals surface area contributed by atoms with Crippen LogP contribution in [-0.2, 0) is 0 Å². The van der Waals surface area contributed by atoms with Crippen molar-refractivity contribution in [3.63, 3.8) is 0 Å². The molecule has 0 N–H and O–H groups in total. The van der Waals surface area contributed by atoms with E-state index in [4.69, 9.17) is 0 Å². The van der Waals surface area contributed by atoms with Gasteiger partial charge in [-0.05, 0) is 59.7 Å². The summed E-state index contributed by atoms with van der Waals surface area (Å²) in [5.41, 5.74) is 10.8. The van der Waals surface area contributed by atoms with Gasteiger partial charge in [-0.3, -0.25) is 0 Å². The van der Waals surface area contributed by atoms with Gasteiger partial charge < -0.3 is 9.13 Å². The van der Waals surface area contributed by atoms with Gasteiger partial charge in [-0.15, -0.1) is 0 Å². The number of benzene rings is 7. The highest BCUT2D eigenvalue weighted by atomic mass is 15.0. The first kappa shape index (κ1) is 27.4. The largest absolute Gasteiger partial charge is 0.309 e. The number of para-hydroxylation sites is 5. The number of nitriles is 2. The predicted octanol–water partition coefficient (Wildman–Crippen LogP) is 11.0. The summed E-state index contributed by atoms with van der Waals surface area (Å²) in [4.78, 5) is 0. The second kappa shape index (κ2) is 10.9. The number of nitrogens with zero attached hydrogens (tertiary/aromatic N) is 4. The summed E-state index contributed by atoms with van der Waals surface area (Å²) in [6.45, 7) is 0. The molecule has 4 heteroatoms. The normalized spacial score (nSPS) is 11.3. The average Bonchev–Trinajstić information content (AvgIpc) is 3.67. The molecule has 2 aromatic heterocycles. The molecular weight excluding hydrogens is 585 g/mol. The molecule has 0 saturated carbocycles. The maximum Gasteiger partial charge on any atom is 0.101 e. The number of fused-ring (bicyclic) bond motifs is 6. The fourth-order valence-corrected chi connectivity index (χ4v) is 7.41. The highest BCUT2D eigenvalue weighted by Crippen LogP contribution is 2.42. The van der Waals surface area contributed by atoms with Crippen LogP contribution in [-0.4, -0.2) is 9.13 Å². The first-order valence-corrected chi connectivity index (χ1v) is 15.9. The SMILES string of the molecule is N#Cc1cc(-c2cccc(C#N)c2-c2ccccc2-n2c3ccccc3c3ccccc32)ccc1-n1c2ccccc2c2ccccc21. The molecule has 0 unspecified atom stereocenters. The van der Waals surface area contributed by atoms with Crippen LogP contribution in [0.15, 0.2) is 158 Å². The van der Waals surface area contributed by atoms with E-state index in [1.54, 1.807) is 0 Å². The molecule has 9 rings (SSSR count). The van der Waals surface area contributed by atoms with Crippen LogP contribution in [0.4, 0.5) is 0 Å². The molecule has 2 heterocycles. The molecule has 222 valence electrons. The second-order valence-corrected chi connectivity index (χ2v) is 11.9. The maximum atomic E-state index is 10.6. The zero-order chi connectivity index (χ0) is 32.2. The molecule has 0 saturated heterocycles. The van der Waals surface area contributed by atoms with Gasteiger partial charge in [0.25, 0.3) is 0 Å². The standard InChI is InChI=1S/C44H26N4/c45-27-30-12-11-18-32(29-24-25-38(31(26-29)28-46)47-39-19-6-1-13-33(39)34-14-2-7-20-40(34)47)44(30)37-17-5-10-23-43(37)48-41-21-8-3-15-35(41)36-16-4-9-22-42(36)48/h1-26H. The fourth-order valence-electron chi connectivity index (χ4n) is 7.41. The highest BCUT2D eigenvalue weighted by Gasteiger charge is 2.21. The van der Waals surface area contributed by atoms with E-state index in [0.717, 1.165) is 66.5 Å². The number of rotatable bonds is 4. The van der Waals surface area contributed by atoms with Gasteiger partial charge in [-0.1, -0.05) is 109 Å². The van der Waals surface area contributed by atoms with Gasteiger partial charge >= 0.3 is 0 Å². The van der Waals surface area contributed by atoms with E-state index in [0.29, 0.717) is 11.1 Å². The minimum absolute atomic E-state index is 0.558. The Morgan fingerprint density at radius 3 is 1.38 bits per heavy atom. The maximum absolute atomic E-state index is 10.6. The van der Waals surface area contributed by atoms with Gasteiger partial charge in [0.2, 0.25) is 0 Å². The van der Waals surface area contributed by atoms with Crippen LogP contribution in [0.25, 0.3) is 77.2 Å². The summed E-state index contributed by atoms with van der Waals surface area (Å²) in [6, 6.07) is 58.7. The van der Waals surface area contributed by atoms with Gasteiger partial charge in [0, 0.05) is 32.7 Å². The number of hydrogen-bond donors (Lipinski definition) is 0. The van der Waals surface area contributed by atoms with Gasteiger partial charge in [0.05, 0.1) is 50.6 Å². The van der Waals surface area contributed by atoms with E-state index in [-0.39, 0.29) is 0 Å². The van der Waals surface area contributed by atoms with Crippen LogP contribution in [0, 0.1) is 22.7 Å². The first-order chi connectivity index (χ1) is 23.8. The van der Waals surface area contributed by atoms with E-state index in [1.807, 2.05) is 60.7 Å². The minimum Gasteiger partial charge on any atom is -0.309 e. The Kier molecular flexibility index (Phi) is 6.22. The van der Waals surface area contributed by atoms with Crippen molar-refractivity contribution in [2.75, 3.05) is 0 Å². The van der Waals surface area contributed by atoms with Crippen molar-refractivity contribution >= 4 is 43.6 Å². The third-order valence-electron chi connectivity index (χ3n) is 9.43. The highest BCUT2D eigenvalue weighted by molar-refractivity contribution is 6.11. The van der Waals surface area contributed by atoms with Crippen molar-refractivity contribution in [3.05, 3.63) is 169 Å². The fraction of sp³-hybridized carbons (Fsp3) is 0. The molecule has 0 spiro atoms.